The maximum absolute atomic E-state index is 12.4. The Morgan fingerprint density at radius 1 is 1.19 bits per heavy atom. The zero-order chi connectivity index (χ0) is 15.8. The molecule has 0 amide bonds. The van der Waals surface area contributed by atoms with Gasteiger partial charge in [-0.2, -0.15) is 0 Å². The Balaban J connectivity index is 2.43. The molecule has 2 rings (SSSR count). The van der Waals surface area contributed by atoms with Crippen LogP contribution in [0.15, 0.2) is 39.7 Å². The lowest BCUT2D eigenvalue weighted by Crippen LogP contribution is -2.14. The van der Waals surface area contributed by atoms with Crippen LogP contribution < -0.4 is 10.5 Å². The minimum absolute atomic E-state index is 0.0397. The van der Waals surface area contributed by atoms with E-state index in [9.17, 15) is 8.42 Å². The monoisotopic (exact) mass is 388 g/mol. The third kappa shape index (κ3) is 3.51. The van der Waals surface area contributed by atoms with Crippen LogP contribution in [0.5, 0.6) is 0 Å². The van der Waals surface area contributed by atoms with Crippen molar-refractivity contribution in [3.63, 3.8) is 0 Å². The van der Waals surface area contributed by atoms with Crippen LogP contribution in [0.2, 0.25) is 5.02 Å². The molecule has 0 saturated heterocycles. The summed E-state index contributed by atoms with van der Waals surface area (Å²) in [7, 11) is -3.74. The lowest BCUT2D eigenvalue weighted by molar-refractivity contribution is 0.601. The largest absolute Gasteiger partial charge is 0.398 e. The Morgan fingerprint density at radius 3 is 2.43 bits per heavy atom. The predicted octanol–water partition coefficient (Wildman–Crippen LogP) is 4.10. The number of hydrogen-bond acceptors (Lipinski definition) is 3. The van der Waals surface area contributed by atoms with E-state index in [4.69, 9.17) is 17.3 Å². The molecule has 112 valence electrons. The average molecular weight is 390 g/mol. The molecular weight excluding hydrogens is 376 g/mol. The first-order chi connectivity index (χ1) is 9.70. The molecule has 0 bridgehead atoms. The van der Waals surface area contributed by atoms with Crippen molar-refractivity contribution < 1.29 is 8.42 Å². The zero-order valence-corrected chi connectivity index (χ0v) is 14.6. The molecule has 0 unspecified atom stereocenters. The lowest BCUT2D eigenvalue weighted by atomic mass is 10.2. The van der Waals surface area contributed by atoms with Crippen molar-refractivity contribution in [3.8, 4) is 0 Å². The van der Waals surface area contributed by atoms with E-state index < -0.39 is 10.0 Å². The molecule has 0 saturated carbocycles. The second-order valence-corrected chi connectivity index (χ2v) is 7.69. The Labute approximate surface area is 137 Å². The molecule has 0 atom stereocenters. The Morgan fingerprint density at radius 2 is 1.86 bits per heavy atom. The smallest absolute Gasteiger partial charge is 0.262 e. The van der Waals surface area contributed by atoms with Crippen LogP contribution in [0.1, 0.15) is 11.1 Å². The fourth-order valence-electron chi connectivity index (χ4n) is 1.77. The number of nitrogens with one attached hydrogen (secondary N) is 1. The third-order valence-corrected chi connectivity index (χ3v) is 5.33. The second-order valence-electron chi connectivity index (χ2n) is 4.68. The van der Waals surface area contributed by atoms with E-state index >= 15 is 0 Å². The molecule has 4 nitrogen and oxygen atoms in total. The lowest BCUT2D eigenvalue weighted by Gasteiger charge is -2.12. The van der Waals surface area contributed by atoms with Gasteiger partial charge in [-0.3, -0.25) is 4.72 Å². The maximum Gasteiger partial charge on any atom is 0.262 e. The van der Waals surface area contributed by atoms with Crippen LogP contribution >= 0.6 is 27.5 Å². The number of aryl methyl sites for hydroxylation is 1. The second kappa shape index (κ2) is 5.87. The van der Waals surface area contributed by atoms with Gasteiger partial charge >= 0.3 is 0 Å². The standard InChI is InChI=1S/C14H14BrClN2O2S/c1-8-5-10(15)3-4-14(8)18-21(19,20)11-6-12(16)9(2)13(17)7-11/h3-7,18H,17H2,1-2H3. The summed E-state index contributed by atoms with van der Waals surface area (Å²) in [5, 5.41) is 0.322. The number of sulfonamides is 1. The molecule has 0 heterocycles. The molecule has 0 aliphatic heterocycles. The van der Waals surface area contributed by atoms with Crippen LogP contribution in [0.25, 0.3) is 0 Å². The molecule has 0 radical (unpaired) electrons. The van der Waals surface area contributed by atoms with Crippen molar-refractivity contribution >= 4 is 48.9 Å². The van der Waals surface area contributed by atoms with Crippen molar-refractivity contribution in [3.05, 3.63) is 51.0 Å². The summed E-state index contributed by atoms with van der Waals surface area (Å²) < 4.78 is 28.3. The van der Waals surface area contributed by atoms with Gasteiger partial charge < -0.3 is 5.73 Å². The van der Waals surface area contributed by atoms with E-state index in [1.54, 1.807) is 19.1 Å². The van der Waals surface area contributed by atoms with Crippen LogP contribution in [0, 0.1) is 13.8 Å². The van der Waals surface area contributed by atoms with Crippen molar-refractivity contribution in [1.82, 2.24) is 0 Å². The van der Waals surface area contributed by atoms with Crippen molar-refractivity contribution in [2.45, 2.75) is 18.7 Å². The van der Waals surface area contributed by atoms with Gasteiger partial charge in [-0.1, -0.05) is 27.5 Å². The van der Waals surface area contributed by atoms with Gasteiger partial charge in [0.05, 0.1) is 10.6 Å². The van der Waals surface area contributed by atoms with E-state index in [0.29, 0.717) is 22.0 Å². The molecule has 2 aromatic rings. The van der Waals surface area contributed by atoms with Gasteiger partial charge in [0.15, 0.2) is 0 Å². The van der Waals surface area contributed by atoms with E-state index in [1.807, 2.05) is 13.0 Å². The van der Waals surface area contributed by atoms with Gasteiger partial charge in [-0.25, -0.2) is 8.42 Å². The molecule has 7 heteroatoms. The third-order valence-electron chi connectivity index (χ3n) is 3.10. The highest BCUT2D eigenvalue weighted by atomic mass is 79.9. The van der Waals surface area contributed by atoms with E-state index in [1.165, 1.54) is 12.1 Å². The summed E-state index contributed by atoms with van der Waals surface area (Å²) in [5.74, 6) is 0. The normalized spacial score (nSPS) is 11.4. The van der Waals surface area contributed by atoms with Crippen LogP contribution in [-0.2, 0) is 10.0 Å². The van der Waals surface area contributed by atoms with Gasteiger partial charge in [0.25, 0.3) is 10.0 Å². The highest BCUT2D eigenvalue weighted by Crippen LogP contribution is 2.28. The Kier molecular flexibility index (Phi) is 4.51. The molecule has 2 aromatic carbocycles. The van der Waals surface area contributed by atoms with Gasteiger partial charge in [-0.15, -0.1) is 0 Å². The van der Waals surface area contributed by atoms with E-state index in [-0.39, 0.29) is 4.90 Å². The van der Waals surface area contributed by atoms with Gasteiger partial charge in [0.2, 0.25) is 0 Å². The number of rotatable bonds is 3. The number of anilines is 2. The summed E-state index contributed by atoms with van der Waals surface area (Å²) in [4.78, 5) is 0.0397. The fourth-order valence-corrected chi connectivity index (χ4v) is 3.73. The first-order valence-corrected chi connectivity index (χ1v) is 8.71. The molecular formula is C14H14BrClN2O2S. The Hall–Kier alpha value is -1.24. The summed E-state index contributed by atoms with van der Waals surface area (Å²) in [5.41, 5.74) is 8.10. The van der Waals surface area contributed by atoms with E-state index in [2.05, 4.69) is 20.7 Å². The van der Waals surface area contributed by atoms with Gasteiger partial charge in [-0.05, 0) is 55.3 Å². The Bertz CT molecular complexity index is 784. The highest BCUT2D eigenvalue weighted by Gasteiger charge is 2.18. The minimum atomic E-state index is -3.74. The zero-order valence-electron chi connectivity index (χ0n) is 11.4. The van der Waals surface area contributed by atoms with Crippen molar-refractivity contribution in [2.24, 2.45) is 0 Å². The first kappa shape index (κ1) is 16.1. The number of benzene rings is 2. The topological polar surface area (TPSA) is 72.2 Å². The average Bonchev–Trinajstić information content (AvgIpc) is 2.38. The maximum atomic E-state index is 12.4. The molecule has 0 aromatic heterocycles. The van der Waals surface area contributed by atoms with Crippen molar-refractivity contribution in [2.75, 3.05) is 10.5 Å². The molecule has 0 spiro atoms. The summed E-state index contributed by atoms with van der Waals surface area (Å²) in [6, 6.07) is 8.08. The van der Waals surface area contributed by atoms with E-state index in [0.717, 1.165) is 10.0 Å². The number of nitrogens with two attached hydrogens (primary N) is 1. The molecule has 21 heavy (non-hydrogen) atoms. The number of nitrogen functional groups attached to an aromatic ring is 1. The van der Waals surface area contributed by atoms with Crippen molar-refractivity contribution in [1.29, 1.82) is 0 Å². The van der Waals surface area contributed by atoms with Crippen LogP contribution in [0.4, 0.5) is 11.4 Å². The SMILES string of the molecule is Cc1cc(Br)ccc1NS(=O)(=O)c1cc(N)c(C)c(Cl)c1. The van der Waals surface area contributed by atoms with Crippen LogP contribution in [0.3, 0.4) is 0 Å². The molecule has 0 aliphatic carbocycles. The summed E-state index contributed by atoms with van der Waals surface area (Å²) in [6.07, 6.45) is 0. The highest BCUT2D eigenvalue weighted by molar-refractivity contribution is 9.10. The van der Waals surface area contributed by atoms with Crippen LogP contribution in [-0.4, -0.2) is 8.42 Å². The molecule has 0 fully saturated rings. The predicted molar refractivity (Wildman–Crippen MR) is 90.3 cm³/mol. The molecule has 0 aliphatic rings. The fraction of sp³-hybridized carbons (Fsp3) is 0.143. The summed E-state index contributed by atoms with van der Waals surface area (Å²) in [6.45, 7) is 3.56. The minimum Gasteiger partial charge on any atom is -0.398 e. The summed E-state index contributed by atoms with van der Waals surface area (Å²) >= 11 is 9.34. The quantitative estimate of drug-likeness (QED) is 0.776. The number of hydrogen-bond donors (Lipinski definition) is 2. The first-order valence-electron chi connectivity index (χ1n) is 6.05. The van der Waals surface area contributed by atoms with Gasteiger partial charge in [0, 0.05) is 15.2 Å². The molecule has 3 N–H and O–H groups in total. The van der Waals surface area contributed by atoms with Gasteiger partial charge in [0.1, 0.15) is 0 Å². The number of halogens is 2.